The summed E-state index contributed by atoms with van der Waals surface area (Å²) in [5.41, 5.74) is 0. The average molecular weight is 262 g/mol. The van der Waals surface area contributed by atoms with Crippen molar-refractivity contribution in [3.8, 4) is 0 Å². The van der Waals surface area contributed by atoms with E-state index in [1.54, 1.807) is 6.07 Å². The Morgan fingerprint density at radius 2 is 2.18 bits per heavy atom. The van der Waals surface area contributed by atoms with Crippen LogP contribution in [0.3, 0.4) is 0 Å². The van der Waals surface area contributed by atoms with Crippen LogP contribution >= 0.6 is 0 Å². The highest BCUT2D eigenvalue weighted by Crippen LogP contribution is 2.18. The second kappa shape index (κ2) is 6.15. The molecule has 1 aromatic heterocycles. The second-order valence-corrected chi connectivity index (χ2v) is 5.14. The monoisotopic (exact) mass is 262 g/mol. The summed E-state index contributed by atoms with van der Waals surface area (Å²) in [5, 5.41) is 0. The molecule has 1 unspecified atom stereocenters. The van der Waals surface area contributed by atoms with Gasteiger partial charge in [-0.05, 0) is 12.1 Å². The van der Waals surface area contributed by atoms with Gasteiger partial charge in [-0.15, -0.1) is 0 Å². The van der Waals surface area contributed by atoms with Crippen LogP contribution in [0.1, 0.15) is 24.5 Å². The molecule has 0 amide bonds. The third-order valence-electron chi connectivity index (χ3n) is 2.27. The molecule has 17 heavy (non-hydrogen) atoms. The highest BCUT2D eigenvalue weighted by atomic mass is 32.2. The van der Waals surface area contributed by atoms with E-state index in [0.717, 1.165) is 12.2 Å². The van der Waals surface area contributed by atoms with E-state index < -0.39 is 16.3 Å². The summed E-state index contributed by atoms with van der Waals surface area (Å²) >= 11 is 0. The SMILES string of the molecule is CCc1ccc(C(COC)NS(=O)(=O)NC)o1. The number of nitrogens with one attached hydrogen (secondary N) is 2. The lowest BCUT2D eigenvalue weighted by atomic mass is 10.2. The molecule has 0 saturated heterocycles. The van der Waals surface area contributed by atoms with Crippen LogP contribution in [0.4, 0.5) is 0 Å². The molecule has 1 heterocycles. The van der Waals surface area contributed by atoms with Gasteiger partial charge < -0.3 is 9.15 Å². The van der Waals surface area contributed by atoms with Crippen molar-refractivity contribution in [2.24, 2.45) is 0 Å². The van der Waals surface area contributed by atoms with Crippen LogP contribution in [0.25, 0.3) is 0 Å². The molecule has 1 aromatic rings. The lowest BCUT2D eigenvalue weighted by Gasteiger charge is -2.15. The quantitative estimate of drug-likeness (QED) is 0.753. The molecule has 0 bridgehead atoms. The van der Waals surface area contributed by atoms with Crippen LogP contribution in [0.2, 0.25) is 0 Å². The number of aryl methyl sites for hydroxylation is 1. The van der Waals surface area contributed by atoms with Crippen LogP contribution in [0.15, 0.2) is 16.5 Å². The summed E-state index contributed by atoms with van der Waals surface area (Å²) in [5.74, 6) is 1.35. The van der Waals surface area contributed by atoms with Gasteiger partial charge in [0.1, 0.15) is 17.6 Å². The first-order valence-corrected chi connectivity index (χ1v) is 6.79. The van der Waals surface area contributed by atoms with Crippen molar-refractivity contribution in [1.82, 2.24) is 9.44 Å². The highest BCUT2D eigenvalue weighted by Gasteiger charge is 2.20. The normalized spacial score (nSPS) is 13.8. The standard InChI is InChI=1S/C10H18N2O4S/c1-4-8-5-6-10(16-8)9(7-15-3)12-17(13,14)11-2/h5-6,9,11-12H,4,7H2,1-3H3. The maximum Gasteiger partial charge on any atom is 0.277 e. The predicted molar refractivity (Wildman–Crippen MR) is 63.8 cm³/mol. The Morgan fingerprint density at radius 1 is 1.47 bits per heavy atom. The van der Waals surface area contributed by atoms with Crippen LogP contribution in [-0.4, -0.2) is 29.2 Å². The summed E-state index contributed by atoms with van der Waals surface area (Å²) in [6.07, 6.45) is 0.762. The van der Waals surface area contributed by atoms with Crippen LogP contribution in [0.5, 0.6) is 0 Å². The Bertz CT molecular complexity index is 441. The lowest BCUT2D eigenvalue weighted by molar-refractivity contribution is 0.165. The smallest absolute Gasteiger partial charge is 0.277 e. The van der Waals surface area contributed by atoms with Gasteiger partial charge in [-0.25, -0.2) is 4.72 Å². The first-order chi connectivity index (χ1) is 8.02. The largest absolute Gasteiger partial charge is 0.464 e. The molecule has 6 nitrogen and oxygen atoms in total. The highest BCUT2D eigenvalue weighted by molar-refractivity contribution is 7.87. The fraction of sp³-hybridized carbons (Fsp3) is 0.600. The zero-order valence-corrected chi connectivity index (χ0v) is 11.0. The third-order valence-corrected chi connectivity index (χ3v) is 3.41. The van der Waals surface area contributed by atoms with Gasteiger partial charge >= 0.3 is 0 Å². The van der Waals surface area contributed by atoms with E-state index in [1.165, 1.54) is 14.2 Å². The van der Waals surface area contributed by atoms with Crippen molar-refractivity contribution < 1.29 is 17.6 Å². The number of furan rings is 1. The van der Waals surface area contributed by atoms with Crippen molar-refractivity contribution in [3.05, 3.63) is 23.7 Å². The van der Waals surface area contributed by atoms with Gasteiger partial charge in [0.25, 0.3) is 10.2 Å². The molecule has 0 fully saturated rings. The van der Waals surface area contributed by atoms with Crippen molar-refractivity contribution in [3.63, 3.8) is 0 Å². The number of rotatable bonds is 7. The molecular formula is C10H18N2O4S. The van der Waals surface area contributed by atoms with Gasteiger partial charge in [0, 0.05) is 20.6 Å². The van der Waals surface area contributed by atoms with Gasteiger partial charge in [0.2, 0.25) is 0 Å². The number of hydrogen-bond acceptors (Lipinski definition) is 4. The molecule has 1 atom stereocenters. The van der Waals surface area contributed by atoms with E-state index in [9.17, 15) is 8.42 Å². The van der Waals surface area contributed by atoms with Crippen LogP contribution in [0, 0.1) is 0 Å². The molecule has 98 valence electrons. The van der Waals surface area contributed by atoms with Crippen LogP contribution < -0.4 is 9.44 Å². The fourth-order valence-corrected chi connectivity index (χ4v) is 2.04. The van der Waals surface area contributed by atoms with Crippen molar-refractivity contribution in [2.45, 2.75) is 19.4 Å². The molecule has 0 saturated carbocycles. The Balaban J connectivity index is 2.85. The maximum absolute atomic E-state index is 11.4. The number of ether oxygens (including phenoxy) is 1. The minimum Gasteiger partial charge on any atom is -0.464 e. The maximum atomic E-state index is 11.4. The van der Waals surface area contributed by atoms with E-state index in [2.05, 4.69) is 9.44 Å². The van der Waals surface area contributed by atoms with E-state index in [-0.39, 0.29) is 6.61 Å². The third kappa shape index (κ3) is 4.12. The molecular weight excluding hydrogens is 244 g/mol. The molecule has 0 radical (unpaired) electrons. The predicted octanol–water partition coefficient (Wildman–Crippen LogP) is 0.583. The molecule has 1 rings (SSSR count). The van der Waals surface area contributed by atoms with E-state index in [4.69, 9.17) is 9.15 Å². The fourth-order valence-electron chi connectivity index (χ4n) is 1.36. The molecule has 0 spiro atoms. The molecule has 0 aromatic carbocycles. The van der Waals surface area contributed by atoms with Gasteiger partial charge in [0.05, 0.1) is 6.61 Å². The summed E-state index contributed by atoms with van der Waals surface area (Å²) in [6, 6.07) is 3.05. The molecule has 2 N–H and O–H groups in total. The second-order valence-electron chi connectivity index (χ2n) is 3.49. The lowest BCUT2D eigenvalue weighted by Crippen LogP contribution is -2.38. The zero-order chi connectivity index (χ0) is 12.9. The Kier molecular flexibility index (Phi) is 5.13. The Hall–Kier alpha value is -0.890. The van der Waals surface area contributed by atoms with Gasteiger partial charge in [-0.3, -0.25) is 0 Å². The number of hydrogen-bond donors (Lipinski definition) is 2. The summed E-state index contributed by atoms with van der Waals surface area (Å²) in [7, 11) is -0.683. The minimum atomic E-state index is -3.53. The van der Waals surface area contributed by atoms with Gasteiger partial charge in [-0.1, -0.05) is 6.92 Å². The van der Waals surface area contributed by atoms with Gasteiger partial charge in [-0.2, -0.15) is 13.1 Å². The average Bonchev–Trinajstić information content (AvgIpc) is 2.77. The summed E-state index contributed by atoms with van der Waals surface area (Å²) in [4.78, 5) is 0. The molecule has 7 heteroatoms. The van der Waals surface area contributed by atoms with Crippen LogP contribution in [-0.2, 0) is 21.4 Å². The summed E-state index contributed by atoms with van der Waals surface area (Å²) in [6.45, 7) is 2.17. The van der Waals surface area contributed by atoms with E-state index in [1.807, 2.05) is 13.0 Å². The van der Waals surface area contributed by atoms with Gasteiger partial charge in [0.15, 0.2) is 0 Å². The van der Waals surface area contributed by atoms with E-state index >= 15 is 0 Å². The van der Waals surface area contributed by atoms with Crippen molar-refractivity contribution in [2.75, 3.05) is 20.8 Å². The number of methoxy groups -OCH3 is 1. The molecule has 0 aliphatic rings. The van der Waals surface area contributed by atoms with Crippen molar-refractivity contribution >= 4 is 10.2 Å². The first kappa shape index (κ1) is 14.2. The summed E-state index contributed by atoms with van der Waals surface area (Å²) < 4.78 is 37.9. The minimum absolute atomic E-state index is 0.206. The Labute approximate surface area is 102 Å². The zero-order valence-electron chi connectivity index (χ0n) is 10.2. The topological polar surface area (TPSA) is 80.6 Å². The first-order valence-electron chi connectivity index (χ1n) is 5.30. The van der Waals surface area contributed by atoms with Crippen molar-refractivity contribution in [1.29, 1.82) is 0 Å². The molecule has 0 aliphatic heterocycles. The Morgan fingerprint density at radius 3 is 2.65 bits per heavy atom. The molecule has 0 aliphatic carbocycles. The van der Waals surface area contributed by atoms with E-state index in [0.29, 0.717) is 5.76 Å².